The van der Waals surface area contributed by atoms with Gasteiger partial charge in [0.1, 0.15) is 0 Å². The zero-order chi connectivity index (χ0) is 13.0. The molecule has 96 valence electrons. The van der Waals surface area contributed by atoms with Crippen LogP contribution in [0.1, 0.15) is 37.3 Å². The first kappa shape index (κ1) is 11.3. The van der Waals surface area contributed by atoms with Crippen molar-refractivity contribution in [2.75, 3.05) is 0 Å². The highest BCUT2D eigenvalue weighted by molar-refractivity contribution is 5.49. The van der Waals surface area contributed by atoms with Gasteiger partial charge in [-0.2, -0.15) is 0 Å². The summed E-state index contributed by atoms with van der Waals surface area (Å²) in [6, 6.07) is 9.05. The van der Waals surface area contributed by atoms with E-state index in [1.54, 1.807) is 11.1 Å². The minimum Gasteiger partial charge on any atom is -0.0770 e. The van der Waals surface area contributed by atoms with E-state index < -0.39 is 0 Å². The third kappa shape index (κ3) is 1.46. The van der Waals surface area contributed by atoms with Gasteiger partial charge in [-0.05, 0) is 34.5 Å². The Hall–Kier alpha value is -1.56. The lowest BCUT2D eigenvalue weighted by Gasteiger charge is -2.37. The minimum atomic E-state index is 0.304. The standard InChI is InChI=1S/C19H20/c1-19(2)17-10-6-5-9-15(17)16-11-13-7-3-4-8-14(13)12-18(16)19/h3-11,14,16,18H,12H2,1-2H3. The van der Waals surface area contributed by atoms with Gasteiger partial charge in [-0.1, -0.05) is 68.5 Å². The third-order valence-electron chi connectivity index (χ3n) is 5.43. The van der Waals surface area contributed by atoms with Crippen LogP contribution in [0.3, 0.4) is 0 Å². The van der Waals surface area contributed by atoms with Gasteiger partial charge in [0, 0.05) is 11.8 Å². The summed E-state index contributed by atoms with van der Waals surface area (Å²) in [6.45, 7) is 4.86. The summed E-state index contributed by atoms with van der Waals surface area (Å²) in [5.74, 6) is 2.00. The van der Waals surface area contributed by atoms with E-state index >= 15 is 0 Å². The molecule has 0 nitrogen and oxygen atoms in total. The summed E-state index contributed by atoms with van der Waals surface area (Å²) >= 11 is 0. The summed E-state index contributed by atoms with van der Waals surface area (Å²) in [5, 5.41) is 0. The van der Waals surface area contributed by atoms with Crippen molar-refractivity contribution in [3.8, 4) is 0 Å². The van der Waals surface area contributed by atoms with Crippen molar-refractivity contribution in [1.29, 1.82) is 0 Å². The lowest BCUT2D eigenvalue weighted by Crippen LogP contribution is -2.30. The Morgan fingerprint density at radius 3 is 2.84 bits per heavy atom. The summed E-state index contributed by atoms with van der Waals surface area (Å²) in [7, 11) is 0. The first-order valence-electron chi connectivity index (χ1n) is 7.34. The zero-order valence-corrected chi connectivity index (χ0v) is 11.6. The molecule has 3 atom stereocenters. The van der Waals surface area contributed by atoms with Crippen LogP contribution in [-0.2, 0) is 5.41 Å². The minimum absolute atomic E-state index is 0.304. The quantitative estimate of drug-likeness (QED) is 0.621. The highest BCUT2D eigenvalue weighted by Crippen LogP contribution is 2.56. The van der Waals surface area contributed by atoms with E-state index in [0.717, 1.165) is 5.92 Å². The smallest absolute Gasteiger partial charge is 0.00638 e. The van der Waals surface area contributed by atoms with Crippen molar-refractivity contribution in [2.24, 2.45) is 11.8 Å². The second-order valence-corrected chi connectivity index (χ2v) is 6.69. The molecule has 0 N–H and O–H groups in total. The molecule has 3 aliphatic rings. The van der Waals surface area contributed by atoms with Gasteiger partial charge in [-0.3, -0.25) is 0 Å². The molecule has 0 fully saturated rings. The lowest BCUT2D eigenvalue weighted by atomic mass is 9.66. The Kier molecular flexibility index (Phi) is 2.21. The largest absolute Gasteiger partial charge is 0.0770 e. The highest BCUT2D eigenvalue weighted by Gasteiger charge is 2.47. The zero-order valence-electron chi connectivity index (χ0n) is 11.6. The number of hydrogen-bond donors (Lipinski definition) is 0. The molecule has 0 saturated heterocycles. The fourth-order valence-corrected chi connectivity index (χ4v) is 4.36. The number of hydrogen-bond acceptors (Lipinski definition) is 0. The van der Waals surface area contributed by atoms with Gasteiger partial charge in [0.05, 0.1) is 0 Å². The van der Waals surface area contributed by atoms with Crippen LogP contribution in [0, 0.1) is 11.8 Å². The number of benzene rings is 1. The van der Waals surface area contributed by atoms with Crippen molar-refractivity contribution in [1.82, 2.24) is 0 Å². The predicted octanol–water partition coefficient (Wildman–Crippen LogP) is 4.75. The Bertz CT molecular complexity index is 613. The average molecular weight is 248 g/mol. The fourth-order valence-electron chi connectivity index (χ4n) is 4.36. The molecule has 19 heavy (non-hydrogen) atoms. The lowest BCUT2D eigenvalue weighted by molar-refractivity contribution is 0.277. The van der Waals surface area contributed by atoms with Crippen LogP contribution in [0.4, 0.5) is 0 Å². The van der Waals surface area contributed by atoms with Crippen LogP contribution in [-0.4, -0.2) is 0 Å². The van der Waals surface area contributed by atoms with Crippen molar-refractivity contribution >= 4 is 0 Å². The van der Waals surface area contributed by atoms with Gasteiger partial charge in [0.25, 0.3) is 0 Å². The first-order chi connectivity index (χ1) is 9.18. The van der Waals surface area contributed by atoms with E-state index in [1.165, 1.54) is 12.0 Å². The molecule has 0 heteroatoms. The Morgan fingerprint density at radius 1 is 1.11 bits per heavy atom. The van der Waals surface area contributed by atoms with Crippen LogP contribution < -0.4 is 0 Å². The van der Waals surface area contributed by atoms with Gasteiger partial charge >= 0.3 is 0 Å². The highest BCUT2D eigenvalue weighted by atomic mass is 14.5. The van der Waals surface area contributed by atoms with E-state index in [0.29, 0.717) is 17.3 Å². The molecule has 0 heterocycles. The van der Waals surface area contributed by atoms with Gasteiger partial charge in [0.2, 0.25) is 0 Å². The Balaban J connectivity index is 1.88. The molecular weight excluding hydrogens is 228 g/mol. The van der Waals surface area contributed by atoms with Gasteiger partial charge in [-0.25, -0.2) is 0 Å². The van der Waals surface area contributed by atoms with Crippen molar-refractivity contribution in [3.63, 3.8) is 0 Å². The Morgan fingerprint density at radius 2 is 1.95 bits per heavy atom. The van der Waals surface area contributed by atoms with Crippen molar-refractivity contribution in [2.45, 2.75) is 31.6 Å². The maximum absolute atomic E-state index is 2.53. The van der Waals surface area contributed by atoms with E-state index in [-0.39, 0.29) is 0 Å². The van der Waals surface area contributed by atoms with Gasteiger partial charge < -0.3 is 0 Å². The SMILES string of the molecule is CC1(C)c2ccccc2C2C=C3C=CC=CC3CC21. The molecule has 0 bridgehead atoms. The fraction of sp³-hybridized carbons (Fsp3) is 0.368. The molecule has 0 aromatic heterocycles. The summed E-state index contributed by atoms with van der Waals surface area (Å²) in [6.07, 6.45) is 12.9. The summed E-state index contributed by atoms with van der Waals surface area (Å²) in [4.78, 5) is 0. The molecule has 3 aliphatic carbocycles. The number of fused-ring (bicyclic) bond motifs is 4. The topological polar surface area (TPSA) is 0 Å². The summed E-state index contributed by atoms with van der Waals surface area (Å²) in [5.41, 5.74) is 4.95. The van der Waals surface area contributed by atoms with Gasteiger partial charge in [0.15, 0.2) is 0 Å². The molecule has 1 aromatic carbocycles. The molecular formula is C19H20. The molecule has 0 radical (unpaired) electrons. The molecule has 1 aromatic rings. The summed E-state index contributed by atoms with van der Waals surface area (Å²) < 4.78 is 0. The molecule has 4 rings (SSSR count). The second kappa shape index (κ2) is 3.72. The van der Waals surface area contributed by atoms with Gasteiger partial charge in [-0.15, -0.1) is 0 Å². The van der Waals surface area contributed by atoms with Crippen LogP contribution in [0.5, 0.6) is 0 Å². The third-order valence-corrected chi connectivity index (χ3v) is 5.43. The van der Waals surface area contributed by atoms with Crippen LogP contribution in [0.25, 0.3) is 0 Å². The number of rotatable bonds is 0. The molecule has 0 amide bonds. The van der Waals surface area contributed by atoms with Crippen molar-refractivity contribution in [3.05, 3.63) is 71.3 Å². The van der Waals surface area contributed by atoms with E-state index in [2.05, 4.69) is 68.5 Å². The maximum atomic E-state index is 2.53. The van der Waals surface area contributed by atoms with Crippen LogP contribution in [0.15, 0.2) is 60.2 Å². The molecule has 0 spiro atoms. The predicted molar refractivity (Wildman–Crippen MR) is 80.2 cm³/mol. The normalized spacial score (nSPS) is 33.4. The average Bonchev–Trinajstić information content (AvgIpc) is 2.66. The van der Waals surface area contributed by atoms with Crippen LogP contribution in [0.2, 0.25) is 0 Å². The molecule has 0 saturated carbocycles. The monoisotopic (exact) mass is 248 g/mol. The molecule has 0 aliphatic heterocycles. The Labute approximate surface area is 115 Å². The van der Waals surface area contributed by atoms with E-state index in [1.807, 2.05) is 0 Å². The first-order valence-corrected chi connectivity index (χ1v) is 7.34. The molecule has 3 unspecified atom stereocenters. The number of allylic oxidation sites excluding steroid dienone is 6. The maximum Gasteiger partial charge on any atom is 0.00638 e. The second-order valence-electron chi connectivity index (χ2n) is 6.69. The van der Waals surface area contributed by atoms with E-state index in [4.69, 9.17) is 0 Å². The van der Waals surface area contributed by atoms with Crippen molar-refractivity contribution < 1.29 is 0 Å². The van der Waals surface area contributed by atoms with E-state index in [9.17, 15) is 0 Å². The van der Waals surface area contributed by atoms with Crippen LogP contribution >= 0.6 is 0 Å².